The van der Waals surface area contributed by atoms with E-state index >= 15 is 0 Å². The van der Waals surface area contributed by atoms with Gasteiger partial charge in [0.25, 0.3) is 0 Å². The molecule has 0 amide bonds. The van der Waals surface area contributed by atoms with Crippen LogP contribution in [0.2, 0.25) is 0 Å². The van der Waals surface area contributed by atoms with Crippen molar-refractivity contribution in [3.8, 4) is 0 Å². The first kappa shape index (κ1) is 15.7. The van der Waals surface area contributed by atoms with Crippen LogP contribution in [0.25, 0.3) is 0 Å². The van der Waals surface area contributed by atoms with Crippen LogP contribution in [0.3, 0.4) is 0 Å². The molecule has 0 saturated heterocycles. The molecule has 1 atom stereocenters. The Morgan fingerprint density at radius 1 is 1.37 bits per heavy atom. The largest absolute Gasteiger partial charge is 0.462 e. The van der Waals surface area contributed by atoms with Crippen LogP contribution in [-0.2, 0) is 16.0 Å². The number of hydrogen-bond donors (Lipinski definition) is 0. The van der Waals surface area contributed by atoms with E-state index in [1.165, 1.54) is 6.07 Å². The predicted molar refractivity (Wildman–Crippen MR) is 74.5 cm³/mol. The lowest BCUT2D eigenvalue weighted by Gasteiger charge is -2.20. The maximum Gasteiger partial charge on any atom is 0.305 e. The Labute approximate surface area is 115 Å². The van der Waals surface area contributed by atoms with Crippen molar-refractivity contribution >= 4 is 5.97 Å². The minimum atomic E-state index is -0.206. The highest BCUT2D eigenvalue weighted by atomic mass is 19.1. The van der Waals surface area contributed by atoms with Crippen molar-refractivity contribution in [2.45, 2.75) is 53.1 Å². The van der Waals surface area contributed by atoms with Gasteiger partial charge in [-0.05, 0) is 36.5 Å². The minimum Gasteiger partial charge on any atom is -0.462 e. The van der Waals surface area contributed by atoms with Crippen molar-refractivity contribution in [3.63, 3.8) is 0 Å². The van der Waals surface area contributed by atoms with Gasteiger partial charge in [0.15, 0.2) is 0 Å². The topological polar surface area (TPSA) is 26.3 Å². The van der Waals surface area contributed by atoms with Crippen molar-refractivity contribution in [3.05, 3.63) is 35.1 Å². The third-order valence-corrected chi connectivity index (χ3v) is 3.15. The molecule has 1 unspecified atom stereocenters. The van der Waals surface area contributed by atoms with Gasteiger partial charge in [0.05, 0.1) is 0 Å². The summed E-state index contributed by atoms with van der Waals surface area (Å²) in [7, 11) is 0. The number of benzene rings is 1. The van der Waals surface area contributed by atoms with Crippen molar-refractivity contribution in [1.82, 2.24) is 0 Å². The smallest absolute Gasteiger partial charge is 0.305 e. The maximum absolute atomic E-state index is 13.5. The van der Waals surface area contributed by atoms with E-state index in [9.17, 15) is 9.18 Å². The Kier molecular flexibility index (Phi) is 6.00. The molecule has 0 N–H and O–H groups in total. The SMILES string of the molecule is CCC(=O)OC(Cc1cccc(F)c1C)CC(C)C. The van der Waals surface area contributed by atoms with Crippen LogP contribution in [0.1, 0.15) is 44.7 Å². The fourth-order valence-corrected chi connectivity index (χ4v) is 2.09. The first-order valence-corrected chi connectivity index (χ1v) is 6.87. The van der Waals surface area contributed by atoms with Crippen LogP contribution in [0, 0.1) is 18.7 Å². The Morgan fingerprint density at radius 2 is 2.05 bits per heavy atom. The van der Waals surface area contributed by atoms with Gasteiger partial charge < -0.3 is 4.74 Å². The number of halogens is 1. The van der Waals surface area contributed by atoms with Crippen molar-refractivity contribution in [1.29, 1.82) is 0 Å². The predicted octanol–water partition coefficient (Wildman–Crippen LogP) is 4.04. The second kappa shape index (κ2) is 7.27. The zero-order valence-electron chi connectivity index (χ0n) is 12.2. The van der Waals surface area contributed by atoms with E-state index in [1.54, 1.807) is 19.9 Å². The van der Waals surface area contributed by atoms with Crippen LogP contribution in [-0.4, -0.2) is 12.1 Å². The Hall–Kier alpha value is -1.38. The molecule has 0 radical (unpaired) electrons. The summed E-state index contributed by atoms with van der Waals surface area (Å²) >= 11 is 0. The summed E-state index contributed by atoms with van der Waals surface area (Å²) in [5.74, 6) is 0.0332. The van der Waals surface area contributed by atoms with E-state index in [0.29, 0.717) is 24.3 Å². The van der Waals surface area contributed by atoms with Gasteiger partial charge in [0, 0.05) is 12.8 Å². The van der Waals surface area contributed by atoms with E-state index in [0.717, 1.165) is 12.0 Å². The highest BCUT2D eigenvalue weighted by Gasteiger charge is 2.17. The average Bonchev–Trinajstić information content (AvgIpc) is 2.34. The van der Waals surface area contributed by atoms with E-state index < -0.39 is 0 Å². The number of carbonyl (C=O) groups excluding carboxylic acids is 1. The highest BCUT2D eigenvalue weighted by molar-refractivity contribution is 5.69. The summed E-state index contributed by atoms with van der Waals surface area (Å²) in [4.78, 5) is 11.4. The maximum atomic E-state index is 13.5. The first-order valence-electron chi connectivity index (χ1n) is 6.87. The molecule has 0 aliphatic heterocycles. The molecule has 106 valence electrons. The van der Waals surface area contributed by atoms with Crippen LogP contribution in [0.5, 0.6) is 0 Å². The number of ether oxygens (including phenoxy) is 1. The molecule has 19 heavy (non-hydrogen) atoms. The molecule has 0 spiro atoms. The summed E-state index contributed by atoms with van der Waals surface area (Å²) in [5.41, 5.74) is 1.55. The Bertz CT molecular complexity index is 427. The van der Waals surface area contributed by atoms with Gasteiger partial charge in [-0.2, -0.15) is 0 Å². The molecule has 0 heterocycles. The second-order valence-electron chi connectivity index (χ2n) is 5.32. The molecule has 3 heteroatoms. The average molecular weight is 266 g/mol. The first-order chi connectivity index (χ1) is 8.93. The van der Waals surface area contributed by atoms with Crippen LogP contribution in [0.4, 0.5) is 4.39 Å². The third kappa shape index (κ3) is 5.01. The van der Waals surface area contributed by atoms with Gasteiger partial charge in [-0.3, -0.25) is 4.79 Å². The molecule has 0 bridgehead atoms. The lowest BCUT2D eigenvalue weighted by Crippen LogP contribution is -2.22. The number of carbonyl (C=O) groups is 1. The molecule has 0 saturated carbocycles. The summed E-state index contributed by atoms with van der Waals surface area (Å²) in [6, 6.07) is 5.05. The quantitative estimate of drug-likeness (QED) is 0.726. The van der Waals surface area contributed by atoms with E-state index in [1.807, 2.05) is 6.07 Å². The van der Waals surface area contributed by atoms with E-state index in [-0.39, 0.29) is 17.9 Å². The molecule has 0 aromatic heterocycles. The highest BCUT2D eigenvalue weighted by Crippen LogP contribution is 2.19. The van der Waals surface area contributed by atoms with Gasteiger partial charge in [0.2, 0.25) is 0 Å². The third-order valence-electron chi connectivity index (χ3n) is 3.15. The van der Waals surface area contributed by atoms with Crippen LogP contribution >= 0.6 is 0 Å². The monoisotopic (exact) mass is 266 g/mol. The van der Waals surface area contributed by atoms with Crippen molar-refractivity contribution < 1.29 is 13.9 Å². The molecule has 2 nitrogen and oxygen atoms in total. The zero-order valence-corrected chi connectivity index (χ0v) is 12.2. The number of rotatable bonds is 6. The fraction of sp³-hybridized carbons (Fsp3) is 0.562. The Balaban J connectivity index is 2.81. The van der Waals surface area contributed by atoms with E-state index in [4.69, 9.17) is 4.74 Å². The molecule has 0 aliphatic carbocycles. The molecule has 1 rings (SSSR count). The van der Waals surface area contributed by atoms with Gasteiger partial charge in [-0.1, -0.05) is 32.9 Å². The van der Waals surface area contributed by atoms with Gasteiger partial charge >= 0.3 is 5.97 Å². The molecule has 0 aliphatic rings. The zero-order chi connectivity index (χ0) is 14.4. The molecular weight excluding hydrogens is 243 g/mol. The lowest BCUT2D eigenvalue weighted by atomic mass is 9.96. The van der Waals surface area contributed by atoms with Crippen molar-refractivity contribution in [2.75, 3.05) is 0 Å². The molecule has 1 aromatic rings. The fourth-order valence-electron chi connectivity index (χ4n) is 2.09. The van der Waals surface area contributed by atoms with Gasteiger partial charge in [0.1, 0.15) is 11.9 Å². The molecule has 1 aromatic carbocycles. The molecular formula is C16H23FO2. The summed E-state index contributed by atoms with van der Waals surface area (Å²) < 4.78 is 19.0. The summed E-state index contributed by atoms with van der Waals surface area (Å²) in [6.07, 6.45) is 1.57. The normalized spacial score (nSPS) is 12.5. The number of esters is 1. The van der Waals surface area contributed by atoms with E-state index in [2.05, 4.69) is 13.8 Å². The summed E-state index contributed by atoms with van der Waals surface area (Å²) in [6.45, 7) is 7.72. The minimum absolute atomic E-state index is 0.173. The lowest BCUT2D eigenvalue weighted by molar-refractivity contribution is -0.149. The molecule has 0 fully saturated rings. The summed E-state index contributed by atoms with van der Waals surface area (Å²) in [5, 5.41) is 0. The number of hydrogen-bond acceptors (Lipinski definition) is 2. The Morgan fingerprint density at radius 3 is 2.63 bits per heavy atom. The standard InChI is InChI=1S/C16H23FO2/c1-5-16(18)19-14(9-11(2)3)10-13-7-6-8-15(17)12(13)4/h6-8,11,14H,5,9-10H2,1-4H3. The van der Waals surface area contributed by atoms with Crippen LogP contribution < -0.4 is 0 Å². The van der Waals surface area contributed by atoms with Crippen molar-refractivity contribution in [2.24, 2.45) is 5.92 Å². The second-order valence-corrected chi connectivity index (χ2v) is 5.32. The van der Waals surface area contributed by atoms with Gasteiger partial charge in [-0.25, -0.2) is 4.39 Å². The van der Waals surface area contributed by atoms with Gasteiger partial charge in [-0.15, -0.1) is 0 Å². The van der Waals surface area contributed by atoms with Crippen LogP contribution in [0.15, 0.2) is 18.2 Å².